The maximum Gasteiger partial charge on any atom is 0.161 e. The van der Waals surface area contributed by atoms with Crippen LogP contribution in [0.2, 0.25) is 0 Å². The molecule has 2 rings (SSSR count). The van der Waals surface area contributed by atoms with E-state index in [9.17, 15) is 9.59 Å². The van der Waals surface area contributed by atoms with Crippen molar-refractivity contribution < 1.29 is 9.59 Å². The predicted molar refractivity (Wildman–Crippen MR) is 53.8 cm³/mol. The van der Waals surface area contributed by atoms with Crippen molar-refractivity contribution in [3.8, 4) is 0 Å². The summed E-state index contributed by atoms with van der Waals surface area (Å²) in [5, 5.41) is 0. The SMILES string of the molecule is C[C@@]12CC=CC(=O)[C@]1(C)CCC(=O)C2. The lowest BCUT2D eigenvalue weighted by Gasteiger charge is -2.49. The second-order valence-electron chi connectivity index (χ2n) is 5.08. The molecule has 0 aromatic rings. The summed E-state index contributed by atoms with van der Waals surface area (Å²) in [5.74, 6) is 0.520. The van der Waals surface area contributed by atoms with Gasteiger partial charge < -0.3 is 0 Å². The van der Waals surface area contributed by atoms with Crippen LogP contribution in [0.5, 0.6) is 0 Å². The Labute approximate surface area is 84.4 Å². The van der Waals surface area contributed by atoms with E-state index in [2.05, 4.69) is 6.92 Å². The Morgan fingerprint density at radius 3 is 2.71 bits per heavy atom. The van der Waals surface area contributed by atoms with E-state index in [-0.39, 0.29) is 16.6 Å². The summed E-state index contributed by atoms with van der Waals surface area (Å²) in [6.07, 6.45) is 6.35. The standard InChI is InChI=1S/C12H16O2/c1-11-6-3-4-10(14)12(11,2)7-5-9(13)8-11/h3-4H,5-8H2,1-2H3/t11-,12-/m0/s1. The Balaban J connectivity index is 2.43. The van der Waals surface area contributed by atoms with Crippen LogP contribution in [0.1, 0.15) is 39.5 Å². The van der Waals surface area contributed by atoms with Crippen LogP contribution in [0.25, 0.3) is 0 Å². The zero-order valence-corrected chi connectivity index (χ0v) is 8.80. The van der Waals surface area contributed by atoms with Crippen molar-refractivity contribution in [2.45, 2.75) is 39.5 Å². The molecule has 14 heavy (non-hydrogen) atoms. The van der Waals surface area contributed by atoms with E-state index in [0.717, 1.165) is 12.8 Å². The molecule has 2 heteroatoms. The van der Waals surface area contributed by atoms with Crippen molar-refractivity contribution in [1.82, 2.24) is 0 Å². The molecule has 0 radical (unpaired) electrons. The summed E-state index contributed by atoms with van der Waals surface area (Å²) in [5.41, 5.74) is -0.427. The number of ketones is 2. The number of rotatable bonds is 0. The van der Waals surface area contributed by atoms with Crippen LogP contribution < -0.4 is 0 Å². The first-order chi connectivity index (χ1) is 6.48. The molecule has 0 amide bonds. The number of Topliss-reactive ketones (excluding diaryl/α,β-unsaturated/α-hetero) is 1. The van der Waals surface area contributed by atoms with E-state index in [1.807, 2.05) is 13.0 Å². The predicted octanol–water partition coefficient (Wildman–Crippen LogP) is 2.28. The van der Waals surface area contributed by atoms with Crippen LogP contribution in [-0.4, -0.2) is 11.6 Å². The van der Waals surface area contributed by atoms with Gasteiger partial charge in [0.05, 0.1) is 0 Å². The van der Waals surface area contributed by atoms with Crippen molar-refractivity contribution in [2.24, 2.45) is 10.8 Å². The first-order valence-electron chi connectivity index (χ1n) is 5.21. The Morgan fingerprint density at radius 2 is 2.00 bits per heavy atom. The second-order valence-corrected chi connectivity index (χ2v) is 5.08. The van der Waals surface area contributed by atoms with Gasteiger partial charge in [-0.15, -0.1) is 0 Å². The molecule has 76 valence electrons. The number of hydrogen-bond acceptors (Lipinski definition) is 2. The second kappa shape index (κ2) is 2.78. The topological polar surface area (TPSA) is 34.1 Å². The van der Waals surface area contributed by atoms with Crippen LogP contribution in [0.4, 0.5) is 0 Å². The van der Waals surface area contributed by atoms with Gasteiger partial charge >= 0.3 is 0 Å². The quantitative estimate of drug-likeness (QED) is 0.590. The van der Waals surface area contributed by atoms with Crippen molar-refractivity contribution in [3.63, 3.8) is 0 Å². The minimum atomic E-state index is -0.296. The maximum atomic E-state index is 11.9. The van der Waals surface area contributed by atoms with Gasteiger partial charge in [-0.3, -0.25) is 9.59 Å². The van der Waals surface area contributed by atoms with Crippen molar-refractivity contribution >= 4 is 11.6 Å². The van der Waals surface area contributed by atoms with Crippen molar-refractivity contribution in [1.29, 1.82) is 0 Å². The highest BCUT2D eigenvalue weighted by atomic mass is 16.1. The third kappa shape index (κ3) is 1.09. The summed E-state index contributed by atoms with van der Waals surface area (Å²) >= 11 is 0. The molecule has 2 aliphatic carbocycles. The van der Waals surface area contributed by atoms with Crippen LogP contribution in [0, 0.1) is 10.8 Å². The molecule has 1 fully saturated rings. The molecule has 2 nitrogen and oxygen atoms in total. The Kier molecular flexibility index (Phi) is 1.91. The fraction of sp³-hybridized carbons (Fsp3) is 0.667. The zero-order chi connectivity index (χ0) is 10.4. The van der Waals surface area contributed by atoms with Crippen LogP contribution in [-0.2, 0) is 9.59 Å². The minimum Gasteiger partial charge on any atom is -0.300 e. The van der Waals surface area contributed by atoms with Crippen LogP contribution >= 0.6 is 0 Å². The molecule has 2 aliphatic rings. The molecule has 0 spiro atoms. The van der Waals surface area contributed by atoms with Gasteiger partial charge in [0.25, 0.3) is 0 Å². The van der Waals surface area contributed by atoms with Crippen LogP contribution in [0.15, 0.2) is 12.2 Å². The summed E-state index contributed by atoms with van der Waals surface area (Å²) in [7, 11) is 0. The highest BCUT2D eigenvalue weighted by Gasteiger charge is 2.52. The molecule has 0 unspecified atom stereocenters. The fourth-order valence-corrected chi connectivity index (χ4v) is 2.74. The molecular formula is C12H16O2. The molecule has 0 aliphatic heterocycles. The van der Waals surface area contributed by atoms with Gasteiger partial charge in [-0.25, -0.2) is 0 Å². The molecule has 0 saturated heterocycles. The van der Waals surface area contributed by atoms with Crippen molar-refractivity contribution in [2.75, 3.05) is 0 Å². The zero-order valence-electron chi connectivity index (χ0n) is 8.80. The van der Waals surface area contributed by atoms with Crippen molar-refractivity contribution in [3.05, 3.63) is 12.2 Å². The average molecular weight is 192 g/mol. The molecule has 0 heterocycles. The van der Waals surface area contributed by atoms with E-state index in [1.165, 1.54) is 0 Å². The molecule has 0 N–H and O–H groups in total. The third-order valence-electron chi connectivity index (χ3n) is 4.20. The maximum absolute atomic E-state index is 11.9. The monoisotopic (exact) mass is 192 g/mol. The summed E-state index contributed by atoms with van der Waals surface area (Å²) in [6.45, 7) is 4.09. The van der Waals surface area contributed by atoms with Gasteiger partial charge in [0, 0.05) is 18.3 Å². The number of hydrogen-bond donors (Lipinski definition) is 0. The number of allylic oxidation sites excluding steroid dienone is 2. The first kappa shape index (κ1) is 9.63. The number of carbonyl (C=O) groups excluding carboxylic acids is 2. The lowest BCUT2D eigenvalue weighted by molar-refractivity contribution is -0.141. The molecule has 0 aromatic heterocycles. The third-order valence-corrected chi connectivity index (χ3v) is 4.20. The summed E-state index contributed by atoms with van der Waals surface area (Å²) < 4.78 is 0. The van der Waals surface area contributed by atoms with E-state index in [4.69, 9.17) is 0 Å². The number of carbonyl (C=O) groups is 2. The molecule has 0 bridgehead atoms. The fourth-order valence-electron chi connectivity index (χ4n) is 2.74. The Bertz CT molecular complexity index is 329. The summed E-state index contributed by atoms with van der Waals surface area (Å²) in [6, 6.07) is 0. The molecule has 1 saturated carbocycles. The highest BCUT2D eigenvalue weighted by Crippen LogP contribution is 2.54. The van der Waals surface area contributed by atoms with Gasteiger partial charge in [0.15, 0.2) is 5.78 Å². The molecule has 2 atom stereocenters. The summed E-state index contributed by atoms with van der Waals surface area (Å²) in [4.78, 5) is 23.3. The van der Waals surface area contributed by atoms with Gasteiger partial charge in [-0.1, -0.05) is 19.9 Å². The largest absolute Gasteiger partial charge is 0.300 e. The molecule has 0 aromatic carbocycles. The van der Waals surface area contributed by atoms with Gasteiger partial charge in [0.2, 0.25) is 0 Å². The normalized spacial score (nSPS) is 42.4. The highest BCUT2D eigenvalue weighted by molar-refractivity contribution is 5.98. The Morgan fingerprint density at radius 1 is 1.29 bits per heavy atom. The smallest absolute Gasteiger partial charge is 0.161 e. The van der Waals surface area contributed by atoms with E-state index < -0.39 is 0 Å². The lowest BCUT2D eigenvalue weighted by atomic mass is 9.52. The van der Waals surface area contributed by atoms with Crippen LogP contribution in [0.3, 0.4) is 0 Å². The average Bonchev–Trinajstić information content (AvgIpc) is 2.10. The van der Waals surface area contributed by atoms with E-state index in [0.29, 0.717) is 18.6 Å². The van der Waals surface area contributed by atoms with Gasteiger partial charge in [-0.05, 0) is 24.3 Å². The van der Waals surface area contributed by atoms with E-state index >= 15 is 0 Å². The van der Waals surface area contributed by atoms with E-state index in [1.54, 1.807) is 6.08 Å². The first-order valence-corrected chi connectivity index (χ1v) is 5.21. The van der Waals surface area contributed by atoms with Gasteiger partial charge in [0.1, 0.15) is 5.78 Å². The minimum absolute atomic E-state index is 0.131. The lowest BCUT2D eigenvalue weighted by Crippen LogP contribution is -2.49. The van der Waals surface area contributed by atoms with Gasteiger partial charge in [-0.2, -0.15) is 0 Å². The molecular weight excluding hydrogens is 176 g/mol. The number of fused-ring (bicyclic) bond motifs is 1. The Hall–Kier alpha value is -0.920.